The predicted octanol–water partition coefficient (Wildman–Crippen LogP) is 5.98. The molecule has 0 bridgehead atoms. The van der Waals surface area contributed by atoms with Crippen LogP contribution in [-0.4, -0.2) is 27.5 Å². The number of carbonyl (C=O) groups excluding carboxylic acids is 1. The monoisotopic (exact) mass is 454 g/mol. The van der Waals surface area contributed by atoms with Gasteiger partial charge >= 0.3 is 0 Å². The van der Waals surface area contributed by atoms with Gasteiger partial charge in [0.2, 0.25) is 0 Å². The Morgan fingerprint density at radius 3 is 2.29 bits per heavy atom. The zero-order valence-electron chi connectivity index (χ0n) is 19.9. The van der Waals surface area contributed by atoms with Gasteiger partial charge < -0.3 is 10.1 Å². The molecule has 0 aliphatic carbocycles. The van der Waals surface area contributed by atoms with Crippen LogP contribution in [0, 0.1) is 12.8 Å². The van der Waals surface area contributed by atoms with Crippen molar-refractivity contribution >= 4 is 11.6 Å². The molecule has 6 heteroatoms. The Labute approximate surface area is 200 Å². The van der Waals surface area contributed by atoms with E-state index in [0.29, 0.717) is 30.5 Å². The second kappa shape index (κ2) is 10.8. The second-order valence-electron chi connectivity index (χ2n) is 8.75. The van der Waals surface area contributed by atoms with E-state index in [2.05, 4.69) is 65.9 Å². The zero-order valence-corrected chi connectivity index (χ0v) is 19.9. The molecule has 3 aromatic carbocycles. The number of aromatic nitrogens is 3. The lowest BCUT2D eigenvalue weighted by molar-refractivity contribution is 0.102. The van der Waals surface area contributed by atoms with Crippen LogP contribution in [0.2, 0.25) is 0 Å². The molecular formula is C28H30N4O2. The number of nitrogens with zero attached hydrogens (tertiary/aromatic N) is 3. The summed E-state index contributed by atoms with van der Waals surface area (Å²) in [5.41, 5.74) is 5.16. The van der Waals surface area contributed by atoms with Gasteiger partial charge in [0, 0.05) is 5.69 Å². The Hall–Kier alpha value is -3.93. The highest BCUT2D eigenvalue weighted by Gasteiger charge is 2.17. The van der Waals surface area contributed by atoms with E-state index in [1.54, 1.807) is 4.68 Å². The number of carbonyl (C=O) groups is 1. The normalized spacial score (nSPS) is 10.9. The average Bonchev–Trinajstić information content (AvgIpc) is 3.21. The van der Waals surface area contributed by atoms with E-state index in [4.69, 9.17) is 4.74 Å². The maximum atomic E-state index is 12.8. The van der Waals surface area contributed by atoms with Gasteiger partial charge in [-0.1, -0.05) is 73.7 Å². The fourth-order valence-corrected chi connectivity index (χ4v) is 3.56. The highest BCUT2D eigenvalue weighted by atomic mass is 16.5. The lowest BCUT2D eigenvalue weighted by atomic mass is 10.0. The van der Waals surface area contributed by atoms with E-state index in [0.717, 1.165) is 29.0 Å². The van der Waals surface area contributed by atoms with Crippen LogP contribution in [0.4, 0.5) is 5.69 Å². The van der Waals surface area contributed by atoms with E-state index >= 15 is 0 Å². The van der Waals surface area contributed by atoms with Crippen LogP contribution in [0.1, 0.15) is 42.0 Å². The number of hydrogen-bond acceptors (Lipinski definition) is 4. The molecule has 0 atom stereocenters. The Morgan fingerprint density at radius 2 is 1.62 bits per heavy atom. The van der Waals surface area contributed by atoms with Crippen LogP contribution in [0.25, 0.3) is 11.1 Å². The smallest absolute Gasteiger partial charge is 0.278 e. The van der Waals surface area contributed by atoms with E-state index in [9.17, 15) is 4.79 Å². The number of nitrogens with one attached hydrogen (secondary N) is 1. The minimum absolute atomic E-state index is 0.281. The molecule has 1 aromatic heterocycles. The van der Waals surface area contributed by atoms with Crippen LogP contribution in [0.15, 0.2) is 78.9 Å². The molecule has 1 amide bonds. The molecule has 0 spiro atoms. The Morgan fingerprint density at radius 1 is 0.941 bits per heavy atom. The molecule has 0 aliphatic heterocycles. The van der Waals surface area contributed by atoms with Gasteiger partial charge in [-0.15, -0.1) is 5.10 Å². The first-order chi connectivity index (χ1) is 16.5. The number of ether oxygens (including phenoxy) is 1. The van der Waals surface area contributed by atoms with Gasteiger partial charge in [0.15, 0.2) is 5.69 Å². The van der Waals surface area contributed by atoms with Gasteiger partial charge in [0.25, 0.3) is 5.91 Å². The molecule has 6 nitrogen and oxygen atoms in total. The quantitative estimate of drug-likeness (QED) is 0.338. The van der Waals surface area contributed by atoms with E-state index in [-0.39, 0.29) is 5.91 Å². The molecule has 0 saturated heterocycles. The van der Waals surface area contributed by atoms with Crippen LogP contribution in [0.5, 0.6) is 5.75 Å². The van der Waals surface area contributed by atoms with E-state index < -0.39 is 0 Å². The molecule has 0 unspecified atom stereocenters. The Kier molecular flexibility index (Phi) is 7.38. The summed E-state index contributed by atoms with van der Waals surface area (Å²) in [5, 5.41) is 11.2. The molecule has 4 rings (SSSR count). The molecule has 0 aliphatic rings. The summed E-state index contributed by atoms with van der Waals surface area (Å²) in [7, 11) is 0. The highest BCUT2D eigenvalue weighted by molar-refractivity contribution is 6.03. The SMILES string of the molecule is Cc1c(C(=O)Nc2ccc(OCCC(C)C)cc2)nnn1Cc1ccc(-c2ccccc2)cc1. The zero-order chi connectivity index (χ0) is 23.9. The predicted molar refractivity (Wildman–Crippen MR) is 135 cm³/mol. The topological polar surface area (TPSA) is 69.0 Å². The van der Waals surface area contributed by atoms with Gasteiger partial charge in [-0.3, -0.25) is 4.79 Å². The summed E-state index contributed by atoms with van der Waals surface area (Å²) in [6, 6.07) is 26.0. The maximum Gasteiger partial charge on any atom is 0.278 e. The Bertz CT molecular complexity index is 1210. The van der Waals surface area contributed by atoms with Crippen molar-refractivity contribution in [3.63, 3.8) is 0 Å². The van der Waals surface area contributed by atoms with Crippen LogP contribution in [0.3, 0.4) is 0 Å². The third-order valence-corrected chi connectivity index (χ3v) is 5.67. The molecule has 1 heterocycles. The molecule has 174 valence electrons. The molecule has 0 saturated carbocycles. The molecule has 0 radical (unpaired) electrons. The van der Waals surface area contributed by atoms with Crippen molar-refractivity contribution in [3.8, 4) is 16.9 Å². The van der Waals surface area contributed by atoms with Crippen LogP contribution < -0.4 is 10.1 Å². The third-order valence-electron chi connectivity index (χ3n) is 5.67. The van der Waals surface area contributed by atoms with Crippen molar-refractivity contribution in [3.05, 3.63) is 95.8 Å². The minimum atomic E-state index is -0.281. The largest absolute Gasteiger partial charge is 0.494 e. The van der Waals surface area contributed by atoms with Crippen molar-refractivity contribution in [1.82, 2.24) is 15.0 Å². The first-order valence-electron chi connectivity index (χ1n) is 11.6. The van der Waals surface area contributed by atoms with Gasteiger partial charge in [-0.2, -0.15) is 0 Å². The number of benzene rings is 3. The molecule has 4 aromatic rings. The number of anilines is 1. The van der Waals surface area contributed by atoms with Crippen molar-refractivity contribution < 1.29 is 9.53 Å². The molecular weight excluding hydrogens is 424 g/mol. The summed E-state index contributed by atoms with van der Waals surface area (Å²) in [6.45, 7) is 7.42. The average molecular weight is 455 g/mol. The van der Waals surface area contributed by atoms with E-state index in [1.807, 2.05) is 49.4 Å². The summed E-state index contributed by atoms with van der Waals surface area (Å²) in [4.78, 5) is 12.8. The number of rotatable bonds is 9. The minimum Gasteiger partial charge on any atom is -0.494 e. The highest BCUT2D eigenvalue weighted by Crippen LogP contribution is 2.20. The van der Waals surface area contributed by atoms with Gasteiger partial charge in [0.05, 0.1) is 18.8 Å². The van der Waals surface area contributed by atoms with Crippen molar-refractivity contribution in [2.24, 2.45) is 5.92 Å². The first-order valence-corrected chi connectivity index (χ1v) is 11.6. The van der Waals surface area contributed by atoms with Gasteiger partial charge in [0.1, 0.15) is 5.75 Å². The first kappa shape index (κ1) is 23.2. The van der Waals surface area contributed by atoms with E-state index in [1.165, 1.54) is 5.56 Å². The molecule has 0 fully saturated rings. The summed E-state index contributed by atoms with van der Waals surface area (Å²) in [5.74, 6) is 1.11. The number of amides is 1. The Balaban J connectivity index is 1.37. The summed E-state index contributed by atoms with van der Waals surface area (Å²) >= 11 is 0. The summed E-state index contributed by atoms with van der Waals surface area (Å²) in [6.07, 6.45) is 1.00. The maximum absolute atomic E-state index is 12.8. The van der Waals surface area contributed by atoms with Crippen molar-refractivity contribution in [2.75, 3.05) is 11.9 Å². The van der Waals surface area contributed by atoms with Crippen molar-refractivity contribution in [1.29, 1.82) is 0 Å². The van der Waals surface area contributed by atoms with Gasteiger partial charge in [-0.05, 0) is 60.2 Å². The second-order valence-corrected chi connectivity index (χ2v) is 8.75. The molecule has 34 heavy (non-hydrogen) atoms. The standard InChI is InChI=1S/C28H30N4O2/c1-20(2)17-18-34-26-15-13-25(14-16-26)29-28(33)27-21(3)32(31-30-27)19-22-9-11-24(12-10-22)23-7-5-4-6-8-23/h4-16,20H,17-19H2,1-3H3,(H,29,33). The van der Waals surface area contributed by atoms with Crippen molar-refractivity contribution in [2.45, 2.75) is 33.7 Å². The number of hydrogen-bond donors (Lipinski definition) is 1. The van der Waals surface area contributed by atoms with Gasteiger partial charge in [-0.25, -0.2) is 4.68 Å². The lowest BCUT2D eigenvalue weighted by Crippen LogP contribution is -2.14. The van der Waals surface area contributed by atoms with Crippen LogP contribution in [-0.2, 0) is 6.54 Å². The fraction of sp³-hybridized carbons (Fsp3) is 0.250. The van der Waals surface area contributed by atoms with Crippen LogP contribution >= 0.6 is 0 Å². The summed E-state index contributed by atoms with van der Waals surface area (Å²) < 4.78 is 7.48. The fourth-order valence-electron chi connectivity index (χ4n) is 3.56. The molecule has 1 N–H and O–H groups in total. The lowest BCUT2D eigenvalue weighted by Gasteiger charge is -2.09. The third kappa shape index (κ3) is 5.90.